The summed E-state index contributed by atoms with van der Waals surface area (Å²) >= 11 is 0. The molecule has 2 atom stereocenters. The van der Waals surface area contributed by atoms with Crippen LogP contribution >= 0.6 is 0 Å². The van der Waals surface area contributed by atoms with E-state index in [2.05, 4.69) is 72.8 Å². The Hall–Kier alpha value is -3.68. The van der Waals surface area contributed by atoms with E-state index in [4.69, 9.17) is 28.4 Å². The topological polar surface area (TPSA) is 62.0 Å². The molecule has 3 aliphatic rings. The average Bonchev–Trinajstić information content (AvgIpc) is 3.89. The van der Waals surface area contributed by atoms with Crippen molar-refractivity contribution in [3.63, 3.8) is 0 Å². The third kappa shape index (κ3) is 4.18. The van der Waals surface area contributed by atoms with Gasteiger partial charge in [0, 0.05) is 0 Å². The van der Waals surface area contributed by atoms with Crippen LogP contribution in [0.3, 0.4) is 0 Å². The van der Waals surface area contributed by atoms with Crippen LogP contribution in [-0.4, -0.2) is 39.4 Å². The van der Waals surface area contributed by atoms with Gasteiger partial charge in [0.1, 0.15) is 24.7 Å². The molecule has 0 saturated carbocycles. The SMILES string of the molecule is c1ccc2c(c1)-c1ccccc1C2(c1ccc(OCOC2CO2)cc1)c1ccc(OCOC2CO2)cc1. The largest absolute Gasteiger partial charge is 0.467 e. The van der Waals surface area contributed by atoms with E-state index in [-0.39, 0.29) is 26.2 Å². The summed E-state index contributed by atoms with van der Waals surface area (Å²) in [6.45, 7) is 1.60. The summed E-state index contributed by atoms with van der Waals surface area (Å²) in [6, 6.07) is 33.9. The molecular formula is C31H26O6. The van der Waals surface area contributed by atoms with E-state index < -0.39 is 5.41 Å². The fourth-order valence-corrected chi connectivity index (χ4v) is 5.25. The predicted molar refractivity (Wildman–Crippen MR) is 136 cm³/mol. The minimum absolute atomic E-state index is 0.130. The first-order valence-electron chi connectivity index (χ1n) is 12.4. The van der Waals surface area contributed by atoms with Crippen LogP contribution in [0.25, 0.3) is 11.1 Å². The molecule has 0 spiro atoms. The van der Waals surface area contributed by atoms with Gasteiger partial charge in [0.25, 0.3) is 0 Å². The van der Waals surface area contributed by atoms with Crippen molar-refractivity contribution in [2.24, 2.45) is 0 Å². The molecule has 2 unspecified atom stereocenters. The minimum Gasteiger partial charge on any atom is -0.467 e. The Kier molecular flexibility index (Phi) is 5.67. The fourth-order valence-electron chi connectivity index (χ4n) is 5.25. The molecule has 4 aromatic rings. The van der Waals surface area contributed by atoms with Crippen molar-refractivity contribution in [3.8, 4) is 22.6 Å². The third-order valence-electron chi connectivity index (χ3n) is 7.09. The number of epoxide rings is 2. The Bertz CT molecular complexity index is 1280. The first kappa shape index (κ1) is 22.5. The van der Waals surface area contributed by atoms with Crippen LogP contribution in [0.2, 0.25) is 0 Å². The van der Waals surface area contributed by atoms with E-state index >= 15 is 0 Å². The van der Waals surface area contributed by atoms with Gasteiger partial charge >= 0.3 is 0 Å². The zero-order valence-electron chi connectivity index (χ0n) is 20.2. The number of hydrogen-bond acceptors (Lipinski definition) is 6. The number of fused-ring (bicyclic) bond motifs is 3. The molecule has 2 fully saturated rings. The molecule has 37 heavy (non-hydrogen) atoms. The lowest BCUT2D eigenvalue weighted by molar-refractivity contribution is -0.0344. The molecule has 2 saturated heterocycles. The summed E-state index contributed by atoms with van der Waals surface area (Å²) in [5.74, 6) is 1.50. The molecule has 1 aliphatic carbocycles. The highest BCUT2D eigenvalue weighted by atomic mass is 16.8. The molecule has 6 heteroatoms. The maximum absolute atomic E-state index is 5.79. The van der Waals surface area contributed by atoms with Gasteiger partial charge in [0.15, 0.2) is 26.2 Å². The Labute approximate surface area is 215 Å². The van der Waals surface area contributed by atoms with Crippen molar-refractivity contribution < 1.29 is 28.4 Å². The molecule has 6 nitrogen and oxygen atoms in total. The van der Waals surface area contributed by atoms with Crippen LogP contribution in [0.4, 0.5) is 0 Å². The van der Waals surface area contributed by atoms with Crippen LogP contribution in [0.1, 0.15) is 22.3 Å². The first-order chi connectivity index (χ1) is 18.3. The first-order valence-corrected chi connectivity index (χ1v) is 12.4. The standard InChI is InChI=1S/C31H26O6/c1-3-7-27-25(5-1)26-6-2-4-8-28(26)31(27,21-9-13-23(14-10-21)34-19-36-29-17-32-29)22-11-15-24(16-12-22)35-20-37-30-18-33-30/h1-16,29-30H,17-20H2. The van der Waals surface area contributed by atoms with Gasteiger partial charge in [0.05, 0.1) is 5.41 Å². The van der Waals surface area contributed by atoms with Gasteiger partial charge in [-0.05, 0) is 57.6 Å². The second-order valence-electron chi connectivity index (χ2n) is 9.27. The van der Waals surface area contributed by atoms with Crippen molar-refractivity contribution in [3.05, 3.63) is 119 Å². The van der Waals surface area contributed by atoms with Crippen LogP contribution in [0.15, 0.2) is 97.1 Å². The van der Waals surface area contributed by atoms with Crippen LogP contribution in [-0.2, 0) is 24.4 Å². The molecule has 0 bridgehead atoms. The molecule has 0 amide bonds. The Morgan fingerprint density at radius 2 is 0.973 bits per heavy atom. The quantitative estimate of drug-likeness (QED) is 0.190. The maximum atomic E-state index is 5.79. The summed E-state index contributed by atoms with van der Waals surface area (Å²) < 4.78 is 32.6. The molecular weight excluding hydrogens is 468 g/mol. The molecule has 4 aromatic carbocycles. The molecule has 186 valence electrons. The van der Waals surface area contributed by atoms with Gasteiger partial charge in [-0.1, -0.05) is 72.8 Å². The van der Waals surface area contributed by atoms with E-state index in [0.29, 0.717) is 13.2 Å². The Morgan fingerprint density at radius 1 is 0.568 bits per heavy atom. The smallest absolute Gasteiger partial charge is 0.192 e. The number of benzene rings is 4. The van der Waals surface area contributed by atoms with Gasteiger partial charge in [-0.25, -0.2) is 0 Å². The van der Waals surface area contributed by atoms with E-state index in [1.54, 1.807) is 0 Å². The summed E-state index contributed by atoms with van der Waals surface area (Å²) in [5.41, 5.74) is 6.83. The molecule has 2 heterocycles. The van der Waals surface area contributed by atoms with E-state index in [9.17, 15) is 0 Å². The van der Waals surface area contributed by atoms with Crippen molar-refractivity contribution in [1.29, 1.82) is 0 Å². The van der Waals surface area contributed by atoms with Crippen molar-refractivity contribution in [1.82, 2.24) is 0 Å². The van der Waals surface area contributed by atoms with Gasteiger partial charge in [-0.3, -0.25) is 0 Å². The molecule has 2 aliphatic heterocycles. The lowest BCUT2D eigenvalue weighted by atomic mass is 9.68. The highest BCUT2D eigenvalue weighted by Crippen LogP contribution is 2.56. The zero-order chi connectivity index (χ0) is 24.7. The molecule has 7 rings (SSSR count). The number of hydrogen-bond donors (Lipinski definition) is 0. The van der Waals surface area contributed by atoms with Crippen LogP contribution in [0, 0.1) is 0 Å². The molecule has 0 N–H and O–H groups in total. The monoisotopic (exact) mass is 494 g/mol. The van der Waals surface area contributed by atoms with Crippen LogP contribution in [0.5, 0.6) is 11.5 Å². The normalized spacial score (nSPS) is 20.1. The van der Waals surface area contributed by atoms with Gasteiger partial charge in [0.2, 0.25) is 0 Å². The summed E-state index contributed by atoms with van der Waals surface area (Å²) in [7, 11) is 0. The van der Waals surface area contributed by atoms with E-state index in [1.165, 1.54) is 22.3 Å². The average molecular weight is 495 g/mol. The Morgan fingerprint density at radius 3 is 1.38 bits per heavy atom. The van der Waals surface area contributed by atoms with Crippen LogP contribution < -0.4 is 9.47 Å². The number of ether oxygens (including phenoxy) is 6. The third-order valence-corrected chi connectivity index (χ3v) is 7.09. The lowest BCUT2D eigenvalue weighted by Gasteiger charge is -2.34. The Balaban J connectivity index is 1.28. The van der Waals surface area contributed by atoms with Gasteiger partial charge in [-0.15, -0.1) is 0 Å². The lowest BCUT2D eigenvalue weighted by Crippen LogP contribution is -2.28. The van der Waals surface area contributed by atoms with Crippen molar-refractivity contribution in [2.45, 2.75) is 18.0 Å². The second kappa shape index (κ2) is 9.32. The van der Waals surface area contributed by atoms with E-state index in [1.807, 2.05) is 24.3 Å². The van der Waals surface area contributed by atoms with Crippen molar-refractivity contribution in [2.75, 3.05) is 26.8 Å². The van der Waals surface area contributed by atoms with Crippen molar-refractivity contribution >= 4 is 0 Å². The minimum atomic E-state index is -0.485. The van der Waals surface area contributed by atoms with Gasteiger partial charge < -0.3 is 28.4 Å². The molecule has 0 radical (unpaired) electrons. The van der Waals surface area contributed by atoms with Gasteiger partial charge in [-0.2, -0.15) is 0 Å². The summed E-state index contributed by atoms with van der Waals surface area (Å²) in [6.07, 6.45) is -0.260. The number of rotatable bonds is 10. The highest BCUT2D eigenvalue weighted by molar-refractivity contribution is 5.86. The summed E-state index contributed by atoms with van der Waals surface area (Å²) in [5, 5.41) is 0. The maximum Gasteiger partial charge on any atom is 0.192 e. The highest BCUT2D eigenvalue weighted by Gasteiger charge is 2.45. The van der Waals surface area contributed by atoms with E-state index in [0.717, 1.165) is 22.6 Å². The predicted octanol–water partition coefficient (Wildman–Crippen LogP) is 5.47. The summed E-state index contributed by atoms with van der Waals surface area (Å²) in [4.78, 5) is 0. The molecule has 0 aromatic heterocycles. The second-order valence-corrected chi connectivity index (χ2v) is 9.27. The zero-order valence-corrected chi connectivity index (χ0v) is 20.2. The fraction of sp³-hybridized carbons (Fsp3) is 0.226.